The Morgan fingerprint density at radius 2 is 2.46 bits per heavy atom. The van der Waals surface area contributed by atoms with Gasteiger partial charge in [-0.3, -0.25) is 0 Å². The molecule has 0 saturated carbocycles. The van der Waals surface area contributed by atoms with Gasteiger partial charge in [0.1, 0.15) is 5.82 Å². The summed E-state index contributed by atoms with van der Waals surface area (Å²) < 4.78 is 5.96. The van der Waals surface area contributed by atoms with E-state index in [1.807, 2.05) is 12.3 Å². The Morgan fingerprint density at radius 3 is 3.15 bits per heavy atom. The molecule has 0 atom stereocenters. The van der Waals surface area contributed by atoms with E-state index in [2.05, 4.69) is 21.4 Å². The van der Waals surface area contributed by atoms with E-state index in [0.29, 0.717) is 0 Å². The summed E-state index contributed by atoms with van der Waals surface area (Å²) in [6, 6.07) is 1.88. The van der Waals surface area contributed by atoms with Gasteiger partial charge < -0.3 is 0 Å². The van der Waals surface area contributed by atoms with Crippen molar-refractivity contribution in [3.05, 3.63) is 24.3 Å². The van der Waals surface area contributed by atoms with Gasteiger partial charge in [-0.1, -0.05) is 6.92 Å². The average molecular weight is 194 g/mol. The molecular formula is C8H10N4S. The van der Waals surface area contributed by atoms with E-state index in [1.165, 1.54) is 11.5 Å². The first-order valence-corrected chi connectivity index (χ1v) is 5.00. The minimum Gasteiger partial charge on any atom is -0.212 e. The fourth-order valence-electron chi connectivity index (χ4n) is 1.04. The minimum absolute atomic E-state index is 0.841. The van der Waals surface area contributed by atoms with Crippen LogP contribution in [0.25, 0.3) is 5.13 Å². The Bertz CT molecular complexity index is 365. The van der Waals surface area contributed by atoms with Gasteiger partial charge in [0.15, 0.2) is 0 Å². The highest BCUT2D eigenvalue weighted by Crippen LogP contribution is 2.10. The van der Waals surface area contributed by atoms with Gasteiger partial charge in [0, 0.05) is 30.3 Å². The Hall–Kier alpha value is -1.23. The molecule has 2 aromatic heterocycles. The molecule has 2 rings (SSSR count). The Labute approximate surface area is 80.4 Å². The van der Waals surface area contributed by atoms with Crippen molar-refractivity contribution in [2.45, 2.75) is 19.8 Å². The topological polar surface area (TPSA) is 43.6 Å². The van der Waals surface area contributed by atoms with Crippen molar-refractivity contribution in [3.8, 4) is 5.13 Å². The SMILES string of the molecule is CCCc1nsc(-n2cccn2)n1. The first-order chi connectivity index (χ1) is 6.40. The highest BCUT2D eigenvalue weighted by molar-refractivity contribution is 7.08. The van der Waals surface area contributed by atoms with Crippen LogP contribution in [0.1, 0.15) is 19.2 Å². The third-order valence-corrected chi connectivity index (χ3v) is 2.38. The van der Waals surface area contributed by atoms with Gasteiger partial charge in [-0.05, 0) is 12.5 Å². The van der Waals surface area contributed by atoms with Crippen LogP contribution in [0.4, 0.5) is 0 Å². The van der Waals surface area contributed by atoms with Gasteiger partial charge in [0.25, 0.3) is 0 Å². The lowest BCUT2D eigenvalue weighted by atomic mass is 10.3. The predicted octanol–water partition coefficient (Wildman–Crippen LogP) is 1.68. The van der Waals surface area contributed by atoms with Crippen LogP contribution in [0.5, 0.6) is 0 Å². The van der Waals surface area contributed by atoms with Crippen LogP contribution in [-0.2, 0) is 6.42 Å². The van der Waals surface area contributed by atoms with Gasteiger partial charge in [-0.15, -0.1) is 0 Å². The normalized spacial score (nSPS) is 10.5. The third kappa shape index (κ3) is 1.75. The monoisotopic (exact) mass is 194 g/mol. The number of hydrogen-bond acceptors (Lipinski definition) is 4. The standard InChI is InChI=1S/C8H10N4S/c1-2-4-7-10-8(13-11-7)12-6-3-5-9-12/h3,5-6H,2,4H2,1H3. The van der Waals surface area contributed by atoms with Crippen molar-refractivity contribution >= 4 is 11.5 Å². The maximum atomic E-state index is 4.35. The zero-order valence-corrected chi connectivity index (χ0v) is 8.16. The van der Waals surface area contributed by atoms with Crippen molar-refractivity contribution in [2.24, 2.45) is 0 Å². The van der Waals surface area contributed by atoms with Crippen LogP contribution in [0, 0.1) is 0 Å². The first-order valence-electron chi connectivity index (χ1n) is 4.22. The van der Waals surface area contributed by atoms with Gasteiger partial charge >= 0.3 is 0 Å². The molecule has 0 aliphatic heterocycles. The molecule has 2 aromatic rings. The van der Waals surface area contributed by atoms with Crippen LogP contribution in [0.3, 0.4) is 0 Å². The third-order valence-electron chi connectivity index (χ3n) is 1.63. The molecule has 5 heteroatoms. The predicted molar refractivity (Wildman–Crippen MR) is 51.0 cm³/mol. The zero-order valence-electron chi connectivity index (χ0n) is 7.34. The van der Waals surface area contributed by atoms with Crippen LogP contribution < -0.4 is 0 Å². The lowest BCUT2D eigenvalue weighted by molar-refractivity contribution is 0.825. The highest BCUT2D eigenvalue weighted by Gasteiger charge is 2.04. The summed E-state index contributed by atoms with van der Waals surface area (Å²) in [5.41, 5.74) is 0. The maximum absolute atomic E-state index is 4.35. The van der Waals surface area contributed by atoms with Crippen molar-refractivity contribution in [3.63, 3.8) is 0 Å². The lowest BCUT2D eigenvalue weighted by Gasteiger charge is -1.90. The molecule has 4 nitrogen and oxygen atoms in total. The number of nitrogens with zero attached hydrogens (tertiary/aromatic N) is 4. The van der Waals surface area contributed by atoms with Gasteiger partial charge in [0.05, 0.1) is 0 Å². The molecule has 0 aliphatic carbocycles. The molecule has 2 heterocycles. The van der Waals surface area contributed by atoms with Crippen LogP contribution in [0.15, 0.2) is 18.5 Å². The molecule has 68 valence electrons. The second-order valence-electron chi connectivity index (χ2n) is 2.69. The first kappa shape index (κ1) is 8.37. The molecule has 0 aromatic carbocycles. The van der Waals surface area contributed by atoms with Crippen molar-refractivity contribution in [1.29, 1.82) is 0 Å². The van der Waals surface area contributed by atoms with Crippen LogP contribution >= 0.6 is 11.5 Å². The van der Waals surface area contributed by atoms with Crippen molar-refractivity contribution in [1.82, 2.24) is 19.1 Å². The van der Waals surface area contributed by atoms with E-state index in [9.17, 15) is 0 Å². The molecule has 0 aliphatic rings. The summed E-state index contributed by atoms with van der Waals surface area (Å²) >= 11 is 1.39. The second-order valence-corrected chi connectivity index (χ2v) is 3.42. The van der Waals surface area contributed by atoms with Crippen molar-refractivity contribution < 1.29 is 0 Å². The summed E-state index contributed by atoms with van der Waals surface area (Å²) in [4.78, 5) is 4.35. The summed E-state index contributed by atoms with van der Waals surface area (Å²) in [6.45, 7) is 2.12. The molecular weight excluding hydrogens is 184 g/mol. The average Bonchev–Trinajstić information content (AvgIpc) is 2.70. The van der Waals surface area contributed by atoms with Crippen LogP contribution in [-0.4, -0.2) is 19.1 Å². The van der Waals surface area contributed by atoms with Crippen molar-refractivity contribution in [2.75, 3.05) is 0 Å². The number of aromatic nitrogens is 4. The van der Waals surface area contributed by atoms with E-state index in [0.717, 1.165) is 23.8 Å². The molecule has 13 heavy (non-hydrogen) atoms. The maximum Gasteiger partial charge on any atom is 0.230 e. The molecule has 0 amide bonds. The summed E-state index contributed by atoms with van der Waals surface area (Å²) in [7, 11) is 0. The summed E-state index contributed by atoms with van der Waals surface area (Å²) in [6.07, 6.45) is 5.63. The highest BCUT2D eigenvalue weighted by atomic mass is 32.1. The summed E-state index contributed by atoms with van der Waals surface area (Å²) in [5.74, 6) is 0.915. The van der Waals surface area contributed by atoms with E-state index < -0.39 is 0 Å². The largest absolute Gasteiger partial charge is 0.230 e. The second kappa shape index (κ2) is 3.66. The quantitative estimate of drug-likeness (QED) is 0.746. The zero-order chi connectivity index (χ0) is 9.10. The Morgan fingerprint density at radius 1 is 1.54 bits per heavy atom. The molecule has 0 bridgehead atoms. The van der Waals surface area contributed by atoms with Gasteiger partial charge in [-0.2, -0.15) is 9.47 Å². The van der Waals surface area contributed by atoms with E-state index >= 15 is 0 Å². The number of hydrogen-bond donors (Lipinski definition) is 0. The Kier molecular flexibility index (Phi) is 2.35. The minimum atomic E-state index is 0.841. The smallest absolute Gasteiger partial charge is 0.212 e. The molecule has 0 radical (unpaired) electrons. The van der Waals surface area contributed by atoms with E-state index in [-0.39, 0.29) is 0 Å². The fraction of sp³-hybridized carbons (Fsp3) is 0.375. The van der Waals surface area contributed by atoms with Gasteiger partial charge in [-0.25, -0.2) is 9.67 Å². The lowest BCUT2D eigenvalue weighted by Crippen LogP contribution is -1.93. The fourth-order valence-corrected chi connectivity index (χ4v) is 1.70. The summed E-state index contributed by atoms with van der Waals surface area (Å²) in [5, 5.41) is 4.93. The molecule has 0 saturated heterocycles. The van der Waals surface area contributed by atoms with E-state index in [1.54, 1.807) is 10.9 Å². The molecule has 0 fully saturated rings. The van der Waals surface area contributed by atoms with Crippen LogP contribution in [0.2, 0.25) is 0 Å². The Balaban J connectivity index is 2.23. The number of aryl methyl sites for hydroxylation is 1. The molecule has 0 unspecified atom stereocenters. The van der Waals surface area contributed by atoms with E-state index in [4.69, 9.17) is 0 Å². The molecule has 0 spiro atoms. The molecule has 0 N–H and O–H groups in total. The van der Waals surface area contributed by atoms with Gasteiger partial charge in [0.2, 0.25) is 5.13 Å². The number of rotatable bonds is 3.